The molecule has 0 radical (unpaired) electrons. The van der Waals surface area contributed by atoms with Crippen molar-refractivity contribution in [2.24, 2.45) is 0 Å². The Labute approximate surface area is 161 Å². The van der Waals surface area contributed by atoms with Gasteiger partial charge in [0.05, 0.1) is 22.5 Å². The molecule has 27 heavy (non-hydrogen) atoms. The highest BCUT2D eigenvalue weighted by atomic mass is 35.5. The lowest BCUT2D eigenvalue weighted by atomic mass is 10.1. The molecule has 1 aliphatic heterocycles. The summed E-state index contributed by atoms with van der Waals surface area (Å²) in [6, 6.07) is 2.64. The largest absolute Gasteiger partial charge is 0.417 e. The van der Waals surface area contributed by atoms with Crippen LogP contribution in [0.5, 0.6) is 0 Å². The van der Waals surface area contributed by atoms with Crippen LogP contribution < -0.4 is 9.62 Å². The summed E-state index contributed by atoms with van der Waals surface area (Å²) in [6.45, 7) is 0.990. The molecule has 1 N–H and O–H groups in total. The van der Waals surface area contributed by atoms with Crippen molar-refractivity contribution in [3.05, 3.63) is 28.8 Å². The second-order valence-corrected chi connectivity index (χ2v) is 8.89. The third-order valence-corrected chi connectivity index (χ3v) is 5.78. The summed E-state index contributed by atoms with van der Waals surface area (Å²) < 4.78 is 64.0. The molecular formula is C16H21ClF3N3O3S. The number of sulfonamides is 1. The van der Waals surface area contributed by atoms with Gasteiger partial charge in [0.2, 0.25) is 15.9 Å². The van der Waals surface area contributed by atoms with E-state index >= 15 is 0 Å². The van der Waals surface area contributed by atoms with Gasteiger partial charge < -0.3 is 10.2 Å². The van der Waals surface area contributed by atoms with E-state index in [9.17, 15) is 26.4 Å². The van der Waals surface area contributed by atoms with E-state index in [0.29, 0.717) is 10.4 Å². The average Bonchev–Trinajstić information content (AvgIpc) is 2.53. The highest BCUT2D eigenvalue weighted by Crippen LogP contribution is 2.37. The molecule has 0 spiro atoms. The second kappa shape index (κ2) is 8.24. The monoisotopic (exact) mass is 427 g/mol. The molecule has 11 heteroatoms. The number of hydrogen-bond acceptors (Lipinski definition) is 4. The Hall–Kier alpha value is -1.52. The number of carbonyl (C=O) groups is 1. The van der Waals surface area contributed by atoms with Gasteiger partial charge >= 0.3 is 6.18 Å². The topological polar surface area (TPSA) is 69.7 Å². The average molecular weight is 428 g/mol. The number of nitrogens with one attached hydrogen (secondary N) is 1. The lowest BCUT2D eigenvalue weighted by molar-refractivity contribution is -0.137. The van der Waals surface area contributed by atoms with E-state index in [1.807, 2.05) is 7.05 Å². The quantitative estimate of drug-likeness (QED) is 0.783. The molecule has 1 fully saturated rings. The summed E-state index contributed by atoms with van der Waals surface area (Å²) in [7, 11) is -2.02. The second-order valence-electron chi connectivity index (χ2n) is 6.58. The summed E-state index contributed by atoms with van der Waals surface area (Å²) in [4.78, 5) is 14.4. The van der Waals surface area contributed by atoms with Crippen molar-refractivity contribution in [1.29, 1.82) is 0 Å². The Kier molecular flexibility index (Phi) is 6.64. The molecule has 1 aliphatic rings. The number of nitrogens with zero attached hydrogens (tertiary/aromatic N) is 2. The van der Waals surface area contributed by atoms with Gasteiger partial charge in [-0.3, -0.25) is 9.10 Å². The Bertz CT molecular complexity index is 794. The molecule has 6 nitrogen and oxygen atoms in total. The zero-order valence-electron chi connectivity index (χ0n) is 14.9. The predicted molar refractivity (Wildman–Crippen MR) is 97.3 cm³/mol. The first-order chi connectivity index (χ1) is 12.4. The van der Waals surface area contributed by atoms with Gasteiger partial charge in [0.15, 0.2) is 0 Å². The van der Waals surface area contributed by atoms with E-state index < -0.39 is 39.2 Å². The normalized spacial score (nSPS) is 17.0. The smallest absolute Gasteiger partial charge is 0.352 e. The summed E-state index contributed by atoms with van der Waals surface area (Å²) in [6.07, 6.45) is -2.47. The molecular weight excluding hydrogens is 407 g/mol. The van der Waals surface area contributed by atoms with Gasteiger partial charge in [-0.15, -0.1) is 0 Å². The van der Waals surface area contributed by atoms with Gasteiger partial charge in [0.1, 0.15) is 6.54 Å². The lowest BCUT2D eigenvalue weighted by Crippen LogP contribution is -2.47. The maximum Gasteiger partial charge on any atom is 0.417 e. The molecule has 2 rings (SSSR count). The van der Waals surface area contributed by atoms with Gasteiger partial charge in [-0.2, -0.15) is 13.2 Å². The molecule has 1 aromatic carbocycles. The molecule has 0 bridgehead atoms. The number of likely N-dealkylation sites (tertiary alicyclic amines) is 1. The van der Waals surface area contributed by atoms with Crippen molar-refractivity contribution in [1.82, 2.24) is 10.2 Å². The van der Waals surface area contributed by atoms with E-state index in [1.165, 1.54) is 0 Å². The zero-order valence-corrected chi connectivity index (χ0v) is 16.5. The predicted octanol–water partition coefficient (Wildman–Crippen LogP) is 2.34. The summed E-state index contributed by atoms with van der Waals surface area (Å²) in [5, 5.41) is 2.20. The molecule has 1 heterocycles. The van der Waals surface area contributed by atoms with E-state index in [1.54, 1.807) is 0 Å². The number of rotatable bonds is 5. The van der Waals surface area contributed by atoms with E-state index in [0.717, 1.165) is 44.3 Å². The van der Waals surface area contributed by atoms with Crippen LogP contribution in [0.2, 0.25) is 5.02 Å². The minimum absolute atomic E-state index is 0.0916. The summed E-state index contributed by atoms with van der Waals surface area (Å²) in [5.74, 6) is -0.571. The van der Waals surface area contributed by atoms with Gasteiger partial charge in [-0.1, -0.05) is 11.6 Å². The number of piperidine rings is 1. The molecule has 0 aliphatic carbocycles. The minimum atomic E-state index is -4.74. The maximum absolute atomic E-state index is 13.1. The van der Waals surface area contributed by atoms with Gasteiger partial charge in [0, 0.05) is 6.04 Å². The van der Waals surface area contributed by atoms with E-state index in [4.69, 9.17) is 11.6 Å². The first-order valence-electron chi connectivity index (χ1n) is 8.20. The molecule has 0 unspecified atom stereocenters. The molecule has 0 atom stereocenters. The number of carbonyl (C=O) groups excluding carboxylic acids is 1. The number of benzene rings is 1. The van der Waals surface area contributed by atoms with Crippen LogP contribution in [0.4, 0.5) is 18.9 Å². The lowest BCUT2D eigenvalue weighted by Gasteiger charge is -2.30. The molecule has 0 aromatic heterocycles. The summed E-state index contributed by atoms with van der Waals surface area (Å²) in [5.41, 5.74) is -1.43. The SMILES string of the molecule is CN1CCC(NC(=O)CN(c2ccc(Cl)c(C(F)(F)F)c2)S(C)(=O)=O)CC1. The number of alkyl halides is 3. The fourth-order valence-electron chi connectivity index (χ4n) is 2.84. The third kappa shape index (κ3) is 5.98. The van der Waals surface area contributed by atoms with Crippen LogP contribution in [0.3, 0.4) is 0 Å². The zero-order chi connectivity index (χ0) is 20.4. The van der Waals surface area contributed by atoms with Crippen LogP contribution in [0.15, 0.2) is 18.2 Å². The van der Waals surface area contributed by atoms with Crippen molar-refractivity contribution in [3.8, 4) is 0 Å². The van der Waals surface area contributed by atoms with Crippen LogP contribution in [0, 0.1) is 0 Å². The standard InChI is InChI=1S/C16H21ClF3N3O3S/c1-22-7-5-11(6-8-22)21-15(24)10-23(27(2,25)26)12-3-4-14(17)13(9-12)16(18,19)20/h3-4,9,11H,5-8,10H2,1-2H3,(H,21,24). The Morgan fingerprint density at radius 1 is 1.33 bits per heavy atom. The first kappa shape index (κ1) is 21.8. The highest BCUT2D eigenvalue weighted by Gasteiger charge is 2.34. The Morgan fingerprint density at radius 2 is 1.93 bits per heavy atom. The Morgan fingerprint density at radius 3 is 2.44 bits per heavy atom. The number of amides is 1. The number of hydrogen-bond donors (Lipinski definition) is 1. The molecule has 0 saturated carbocycles. The van der Waals surface area contributed by atoms with Crippen LogP contribution in [0.1, 0.15) is 18.4 Å². The molecule has 1 aromatic rings. The molecule has 1 amide bonds. The highest BCUT2D eigenvalue weighted by molar-refractivity contribution is 7.92. The van der Waals surface area contributed by atoms with Gasteiger partial charge in [0.25, 0.3) is 0 Å². The number of anilines is 1. The Balaban J connectivity index is 2.20. The van der Waals surface area contributed by atoms with E-state index in [2.05, 4.69) is 10.2 Å². The van der Waals surface area contributed by atoms with Crippen molar-refractivity contribution in [2.45, 2.75) is 25.1 Å². The molecule has 1 saturated heterocycles. The van der Waals surface area contributed by atoms with E-state index in [-0.39, 0.29) is 11.7 Å². The van der Waals surface area contributed by atoms with Crippen LogP contribution >= 0.6 is 11.6 Å². The summed E-state index contributed by atoms with van der Waals surface area (Å²) >= 11 is 5.57. The minimum Gasteiger partial charge on any atom is -0.352 e. The van der Waals surface area contributed by atoms with Crippen LogP contribution in [-0.2, 0) is 21.0 Å². The van der Waals surface area contributed by atoms with Crippen molar-refractivity contribution >= 4 is 33.2 Å². The molecule has 152 valence electrons. The van der Waals surface area contributed by atoms with Gasteiger partial charge in [-0.05, 0) is 51.2 Å². The van der Waals surface area contributed by atoms with Crippen LogP contribution in [-0.4, -0.2) is 58.2 Å². The van der Waals surface area contributed by atoms with Gasteiger partial charge in [-0.25, -0.2) is 8.42 Å². The van der Waals surface area contributed by atoms with Crippen molar-refractivity contribution < 1.29 is 26.4 Å². The van der Waals surface area contributed by atoms with Crippen molar-refractivity contribution in [3.63, 3.8) is 0 Å². The maximum atomic E-state index is 13.1. The van der Waals surface area contributed by atoms with Crippen LogP contribution in [0.25, 0.3) is 0 Å². The fourth-order valence-corrected chi connectivity index (χ4v) is 3.92. The third-order valence-electron chi connectivity index (χ3n) is 4.31. The first-order valence-corrected chi connectivity index (χ1v) is 10.4. The number of halogens is 4. The van der Waals surface area contributed by atoms with Crippen molar-refractivity contribution in [2.75, 3.05) is 37.2 Å². The fraction of sp³-hybridized carbons (Fsp3) is 0.562.